The van der Waals surface area contributed by atoms with E-state index in [1.165, 1.54) is 0 Å². The summed E-state index contributed by atoms with van der Waals surface area (Å²) in [5.41, 5.74) is 8.07. The van der Waals surface area contributed by atoms with Gasteiger partial charge in [0.15, 0.2) is 0 Å². The number of hydrogen-bond acceptors (Lipinski definition) is 5. The van der Waals surface area contributed by atoms with Gasteiger partial charge in [-0.2, -0.15) is 0 Å². The zero-order chi connectivity index (χ0) is 18.5. The molecule has 2 aliphatic rings. The molecule has 5 atom stereocenters. The van der Waals surface area contributed by atoms with Gasteiger partial charge < -0.3 is 24.7 Å². The molecule has 2 aliphatic heterocycles. The van der Waals surface area contributed by atoms with Gasteiger partial charge in [-0.05, 0) is 11.1 Å². The van der Waals surface area contributed by atoms with E-state index in [9.17, 15) is 0 Å². The lowest BCUT2D eigenvalue weighted by atomic mass is 10.1. The molecule has 2 fully saturated rings. The van der Waals surface area contributed by atoms with Crippen LogP contribution in [0.1, 0.15) is 17.5 Å². The summed E-state index contributed by atoms with van der Waals surface area (Å²) in [6, 6.07) is 20.3. The predicted molar refractivity (Wildman–Crippen MR) is 102 cm³/mol. The molecule has 5 heteroatoms. The molecule has 27 heavy (non-hydrogen) atoms. The fourth-order valence-electron chi connectivity index (χ4n) is 3.82. The molecule has 0 aliphatic carbocycles. The lowest BCUT2D eigenvalue weighted by Gasteiger charge is -2.24. The highest BCUT2D eigenvalue weighted by atomic mass is 16.6. The Morgan fingerprint density at radius 1 is 0.889 bits per heavy atom. The van der Waals surface area contributed by atoms with E-state index in [2.05, 4.69) is 24.3 Å². The number of rotatable bonds is 8. The number of hydrogen-bond donors (Lipinski definition) is 1. The van der Waals surface area contributed by atoms with Gasteiger partial charge in [0.05, 0.1) is 32.0 Å². The fraction of sp³-hybridized carbons (Fsp3) is 0.455. The van der Waals surface area contributed by atoms with E-state index >= 15 is 0 Å². The third-order valence-corrected chi connectivity index (χ3v) is 5.19. The second-order valence-corrected chi connectivity index (χ2v) is 7.17. The Morgan fingerprint density at radius 3 is 2.22 bits per heavy atom. The smallest absolute Gasteiger partial charge is 0.115 e. The first kappa shape index (κ1) is 18.6. The van der Waals surface area contributed by atoms with Gasteiger partial charge in [-0.1, -0.05) is 60.7 Å². The van der Waals surface area contributed by atoms with E-state index in [1.54, 1.807) is 0 Å². The third kappa shape index (κ3) is 4.57. The Hall–Kier alpha value is -1.76. The van der Waals surface area contributed by atoms with Crippen LogP contribution in [-0.4, -0.2) is 43.7 Å². The minimum Gasteiger partial charge on any atom is -0.374 e. The fourth-order valence-corrected chi connectivity index (χ4v) is 3.82. The number of fused-ring (bicyclic) bond motifs is 1. The van der Waals surface area contributed by atoms with Gasteiger partial charge in [-0.3, -0.25) is 0 Å². The number of ether oxygens (including phenoxy) is 4. The van der Waals surface area contributed by atoms with Crippen molar-refractivity contribution in [3.63, 3.8) is 0 Å². The van der Waals surface area contributed by atoms with Crippen LogP contribution in [0.2, 0.25) is 0 Å². The van der Waals surface area contributed by atoms with Gasteiger partial charge in [-0.25, -0.2) is 0 Å². The quantitative estimate of drug-likeness (QED) is 0.775. The molecule has 2 heterocycles. The average molecular weight is 369 g/mol. The van der Waals surface area contributed by atoms with Crippen molar-refractivity contribution in [2.45, 2.75) is 50.2 Å². The normalized spacial score (nSPS) is 29.7. The lowest BCUT2D eigenvalue weighted by Crippen LogP contribution is -2.38. The van der Waals surface area contributed by atoms with Crippen LogP contribution in [0, 0.1) is 0 Å². The third-order valence-electron chi connectivity index (χ3n) is 5.19. The molecule has 2 aromatic rings. The van der Waals surface area contributed by atoms with Crippen LogP contribution in [0.4, 0.5) is 0 Å². The monoisotopic (exact) mass is 369 g/mol. The van der Waals surface area contributed by atoms with Gasteiger partial charge in [0.1, 0.15) is 18.3 Å². The predicted octanol–water partition coefficient (Wildman–Crippen LogP) is 2.67. The summed E-state index contributed by atoms with van der Waals surface area (Å²) < 4.78 is 24.5. The maximum Gasteiger partial charge on any atom is 0.115 e. The molecular weight excluding hydrogens is 342 g/mol. The summed E-state index contributed by atoms with van der Waals surface area (Å²) in [5, 5.41) is 0. The van der Waals surface area contributed by atoms with Gasteiger partial charge in [-0.15, -0.1) is 0 Å². The highest BCUT2D eigenvalue weighted by Crippen LogP contribution is 2.36. The van der Waals surface area contributed by atoms with Crippen molar-refractivity contribution < 1.29 is 18.9 Å². The highest BCUT2D eigenvalue weighted by Gasteiger charge is 2.51. The molecule has 2 N–H and O–H groups in total. The molecule has 2 aromatic carbocycles. The van der Waals surface area contributed by atoms with Crippen LogP contribution < -0.4 is 5.73 Å². The second kappa shape index (κ2) is 8.95. The second-order valence-electron chi connectivity index (χ2n) is 7.17. The van der Waals surface area contributed by atoms with Crippen molar-refractivity contribution in [3.8, 4) is 0 Å². The van der Waals surface area contributed by atoms with E-state index in [0.717, 1.165) is 17.5 Å². The molecule has 0 aromatic heterocycles. The molecule has 0 amide bonds. The molecular formula is C22H27NO4. The zero-order valence-corrected chi connectivity index (χ0v) is 15.4. The summed E-state index contributed by atoms with van der Waals surface area (Å²) in [5.74, 6) is 0. The highest BCUT2D eigenvalue weighted by molar-refractivity contribution is 5.14. The zero-order valence-electron chi connectivity index (χ0n) is 15.4. The van der Waals surface area contributed by atoms with Crippen LogP contribution in [0.25, 0.3) is 0 Å². The van der Waals surface area contributed by atoms with Crippen LogP contribution in [0.5, 0.6) is 0 Å². The Kier molecular flexibility index (Phi) is 6.17. The van der Waals surface area contributed by atoms with Crippen molar-refractivity contribution in [1.29, 1.82) is 0 Å². The van der Waals surface area contributed by atoms with E-state index in [1.807, 2.05) is 36.4 Å². The Bertz CT molecular complexity index is 696. The number of nitrogens with two attached hydrogens (primary N) is 1. The standard InChI is InChI=1S/C22H27NO4/c23-12-18-11-19-22(26-18)21(25-14-17-9-5-2-6-10-17)20(27-19)15-24-13-16-7-3-1-4-8-16/h1-10,18-22H,11-15,23H2/t18-,19?,20-,21?,22?/m1/s1. The molecule has 144 valence electrons. The Balaban J connectivity index is 1.36. The van der Waals surface area contributed by atoms with Crippen molar-refractivity contribution in [2.75, 3.05) is 13.2 Å². The van der Waals surface area contributed by atoms with Crippen molar-refractivity contribution in [1.82, 2.24) is 0 Å². The summed E-state index contributed by atoms with van der Waals surface area (Å²) >= 11 is 0. The van der Waals surface area contributed by atoms with Gasteiger partial charge in [0, 0.05) is 13.0 Å². The molecule has 0 radical (unpaired) electrons. The van der Waals surface area contributed by atoms with E-state index < -0.39 is 0 Å². The van der Waals surface area contributed by atoms with Crippen molar-refractivity contribution >= 4 is 0 Å². The molecule has 0 saturated carbocycles. The van der Waals surface area contributed by atoms with Crippen LogP contribution in [0.3, 0.4) is 0 Å². The van der Waals surface area contributed by atoms with Crippen LogP contribution in [0.15, 0.2) is 60.7 Å². The summed E-state index contributed by atoms with van der Waals surface area (Å²) in [7, 11) is 0. The van der Waals surface area contributed by atoms with Crippen molar-refractivity contribution in [3.05, 3.63) is 71.8 Å². The summed E-state index contributed by atoms with van der Waals surface area (Å²) in [6.07, 6.45) is 0.543. The Labute approximate surface area is 160 Å². The summed E-state index contributed by atoms with van der Waals surface area (Å²) in [4.78, 5) is 0. The topological polar surface area (TPSA) is 62.9 Å². The summed E-state index contributed by atoms with van der Waals surface area (Å²) in [6.45, 7) is 2.09. The molecule has 0 spiro atoms. The van der Waals surface area contributed by atoms with Gasteiger partial charge >= 0.3 is 0 Å². The maximum atomic E-state index is 6.24. The first-order valence-electron chi connectivity index (χ1n) is 9.61. The Morgan fingerprint density at radius 2 is 1.56 bits per heavy atom. The SMILES string of the molecule is NC[C@H]1CC2O[C@H](COCc3ccccc3)C(OCc3ccccc3)C2O1. The average Bonchev–Trinajstić information content (AvgIpc) is 3.25. The minimum absolute atomic E-state index is 0.0321. The van der Waals surface area contributed by atoms with Gasteiger partial charge in [0.25, 0.3) is 0 Å². The lowest BCUT2D eigenvalue weighted by molar-refractivity contribution is -0.100. The van der Waals surface area contributed by atoms with E-state index in [-0.39, 0.29) is 30.5 Å². The van der Waals surface area contributed by atoms with E-state index in [4.69, 9.17) is 24.7 Å². The van der Waals surface area contributed by atoms with Crippen LogP contribution in [-0.2, 0) is 32.2 Å². The molecule has 0 bridgehead atoms. The van der Waals surface area contributed by atoms with Crippen LogP contribution >= 0.6 is 0 Å². The van der Waals surface area contributed by atoms with E-state index in [0.29, 0.717) is 26.4 Å². The molecule has 2 saturated heterocycles. The molecule has 4 rings (SSSR count). The number of benzene rings is 2. The first-order valence-corrected chi connectivity index (χ1v) is 9.61. The minimum atomic E-state index is -0.150. The van der Waals surface area contributed by atoms with Gasteiger partial charge in [0.2, 0.25) is 0 Å². The first-order chi connectivity index (χ1) is 13.3. The largest absolute Gasteiger partial charge is 0.374 e. The van der Waals surface area contributed by atoms with Crippen molar-refractivity contribution in [2.24, 2.45) is 5.73 Å². The molecule has 5 nitrogen and oxygen atoms in total. The molecule has 3 unspecified atom stereocenters. The maximum absolute atomic E-state index is 6.24.